The highest BCUT2D eigenvalue weighted by Gasteiger charge is 2.31. The number of rotatable bonds is 4. The minimum Gasteiger partial charge on any atom is -0.327 e. The predicted octanol–water partition coefficient (Wildman–Crippen LogP) is 3.37. The quantitative estimate of drug-likeness (QED) is 0.890. The smallest absolute Gasteiger partial charge is 0.0207 e. The van der Waals surface area contributed by atoms with Crippen LogP contribution in [0.1, 0.15) is 25.3 Å². The monoisotopic (exact) mass is 267 g/mol. The van der Waals surface area contributed by atoms with Crippen LogP contribution in [0.25, 0.3) is 0 Å². The molecular weight excluding hydrogens is 250 g/mol. The summed E-state index contributed by atoms with van der Waals surface area (Å²) in [5.41, 5.74) is 7.57. The molecule has 0 saturated heterocycles. The fourth-order valence-electron chi connectivity index (χ4n) is 2.08. The summed E-state index contributed by atoms with van der Waals surface area (Å²) >= 11 is 3.57. The summed E-state index contributed by atoms with van der Waals surface area (Å²) in [4.78, 5) is 0. The van der Waals surface area contributed by atoms with Gasteiger partial charge in [-0.05, 0) is 42.7 Å². The third kappa shape index (κ3) is 2.82. The zero-order valence-electron chi connectivity index (χ0n) is 9.12. The average Bonchev–Trinajstić information content (AvgIpc) is 3.04. The molecule has 1 aromatic carbocycles. The molecule has 1 aliphatic carbocycles. The number of halogens is 1. The molecule has 0 aliphatic heterocycles. The first-order chi connectivity index (χ1) is 7.18. The van der Waals surface area contributed by atoms with Gasteiger partial charge in [0, 0.05) is 10.5 Å². The van der Waals surface area contributed by atoms with E-state index in [-0.39, 0.29) is 0 Å². The van der Waals surface area contributed by atoms with Crippen LogP contribution in [0, 0.1) is 11.8 Å². The molecule has 2 unspecified atom stereocenters. The molecule has 2 atom stereocenters. The second-order valence-corrected chi connectivity index (χ2v) is 5.51. The zero-order valence-corrected chi connectivity index (χ0v) is 10.7. The van der Waals surface area contributed by atoms with E-state index >= 15 is 0 Å². The van der Waals surface area contributed by atoms with Crippen LogP contribution in [0.15, 0.2) is 28.7 Å². The fourth-order valence-corrected chi connectivity index (χ4v) is 2.52. The molecular formula is C13H18BrN. The van der Waals surface area contributed by atoms with Crippen LogP contribution >= 0.6 is 15.9 Å². The van der Waals surface area contributed by atoms with Crippen LogP contribution in [0.2, 0.25) is 0 Å². The molecule has 0 bridgehead atoms. The maximum absolute atomic E-state index is 6.24. The number of benzene rings is 1. The first-order valence-electron chi connectivity index (χ1n) is 5.67. The second-order valence-electron chi connectivity index (χ2n) is 4.66. The van der Waals surface area contributed by atoms with Gasteiger partial charge in [0.2, 0.25) is 0 Å². The highest BCUT2D eigenvalue weighted by atomic mass is 79.9. The lowest BCUT2D eigenvalue weighted by molar-refractivity contribution is 0.404. The Labute approximate surface area is 100 Å². The molecule has 1 saturated carbocycles. The Morgan fingerprint density at radius 1 is 1.40 bits per heavy atom. The van der Waals surface area contributed by atoms with Crippen LogP contribution in [0.4, 0.5) is 0 Å². The molecule has 0 radical (unpaired) electrons. The molecule has 0 amide bonds. The zero-order chi connectivity index (χ0) is 10.8. The van der Waals surface area contributed by atoms with Crippen molar-refractivity contribution in [2.45, 2.75) is 32.2 Å². The summed E-state index contributed by atoms with van der Waals surface area (Å²) in [6.07, 6.45) is 3.74. The van der Waals surface area contributed by atoms with E-state index in [1.807, 2.05) is 6.07 Å². The van der Waals surface area contributed by atoms with Crippen LogP contribution in [-0.2, 0) is 6.42 Å². The van der Waals surface area contributed by atoms with Gasteiger partial charge < -0.3 is 5.73 Å². The van der Waals surface area contributed by atoms with Crippen LogP contribution < -0.4 is 5.73 Å². The van der Waals surface area contributed by atoms with Crippen LogP contribution in [0.3, 0.4) is 0 Å². The van der Waals surface area contributed by atoms with E-state index in [4.69, 9.17) is 5.73 Å². The van der Waals surface area contributed by atoms with Gasteiger partial charge in [-0.1, -0.05) is 41.1 Å². The van der Waals surface area contributed by atoms with Gasteiger partial charge in [-0.3, -0.25) is 0 Å². The molecule has 82 valence electrons. The Morgan fingerprint density at radius 2 is 2.07 bits per heavy atom. The van der Waals surface area contributed by atoms with E-state index in [2.05, 4.69) is 41.1 Å². The molecule has 0 heterocycles. The standard InChI is InChI=1S/C13H18BrN/c1-9(10-6-7-10)13(15)8-11-4-2-3-5-12(11)14/h2-5,9-10,13H,6-8,15H2,1H3. The molecule has 1 aromatic rings. The van der Waals surface area contributed by atoms with Crippen molar-refractivity contribution in [3.63, 3.8) is 0 Å². The molecule has 2 heteroatoms. The lowest BCUT2D eigenvalue weighted by Gasteiger charge is -2.20. The minimum absolute atomic E-state index is 0.302. The third-order valence-corrected chi connectivity index (χ3v) is 4.23. The SMILES string of the molecule is CC(C(N)Cc1ccccc1Br)C1CC1. The average molecular weight is 268 g/mol. The minimum atomic E-state index is 0.302. The molecule has 0 aromatic heterocycles. The summed E-state index contributed by atoms with van der Waals surface area (Å²) < 4.78 is 1.18. The lowest BCUT2D eigenvalue weighted by Crippen LogP contribution is -2.31. The van der Waals surface area contributed by atoms with Crippen molar-refractivity contribution < 1.29 is 0 Å². The predicted molar refractivity (Wildman–Crippen MR) is 67.7 cm³/mol. The van der Waals surface area contributed by atoms with Crippen LogP contribution in [0.5, 0.6) is 0 Å². The Balaban J connectivity index is 1.98. The molecule has 1 fully saturated rings. The Kier molecular flexibility index (Phi) is 3.47. The Morgan fingerprint density at radius 3 is 2.67 bits per heavy atom. The number of nitrogens with two attached hydrogens (primary N) is 1. The van der Waals surface area contributed by atoms with Gasteiger partial charge in [0.15, 0.2) is 0 Å². The molecule has 2 N–H and O–H groups in total. The molecule has 2 rings (SSSR count). The normalized spacial score (nSPS) is 19.9. The van der Waals surface area contributed by atoms with Gasteiger partial charge >= 0.3 is 0 Å². The van der Waals surface area contributed by atoms with Crippen molar-refractivity contribution >= 4 is 15.9 Å². The van der Waals surface area contributed by atoms with Crippen molar-refractivity contribution in [3.05, 3.63) is 34.3 Å². The summed E-state index contributed by atoms with van der Waals surface area (Å²) in [5, 5.41) is 0. The largest absolute Gasteiger partial charge is 0.327 e. The first kappa shape index (κ1) is 11.2. The summed E-state index contributed by atoms with van der Waals surface area (Å²) in [5.74, 6) is 1.56. The number of hydrogen-bond donors (Lipinski definition) is 1. The highest BCUT2D eigenvalue weighted by molar-refractivity contribution is 9.10. The lowest BCUT2D eigenvalue weighted by atomic mass is 9.92. The highest BCUT2D eigenvalue weighted by Crippen LogP contribution is 2.38. The van der Waals surface area contributed by atoms with Crippen LogP contribution in [-0.4, -0.2) is 6.04 Å². The van der Waals surface area contributed by atoms with E-state index in [1.54, 1.807) is 0 Å². The van der Waals surface area contributed by atoms with E-state index in [0.717, 1.165) is 12.3 Å². The third-order valence-electron chi connectivity index (χ3n) is 3.45. The topological polar surface area (TPSA) is 26.0 Å². The van der Waals surface area contributed by atoms with Crippen molar-refractivity contribution in [3.8, 4) is 0 Å². The maximum atomic E-state index is 6.24. The van der Waals surface area contributed by atoms with Gasteiger partial charge in [0.1, 0.15) is 0 Å². The van der Waals surface area contributed by atoms with E-state index in [9.17, 15) is 0 Å². The van der Waals surface area contributed by atoms with Gasteiger partial charge in [-0.2, -0.15) is 0 Å². The van der Waals surface area contributed by atoms with Crippen molar-refractivity contribution in [2.75, 3.05) is 0 Å². The van der Waals surface area contributed by atoms with E-state index in [1.165, 1.54) is 22.9 Å². The Bertz CT molecular complexity index is 333. The van der Waals surface area contributed by atoms with Crippen molar-refractivity contribution in [2.24, 2.45) is 17.6 Å². The first-order valence-corrected chi connectivity index (χ1v) is 6.46. The maximum Gasteiger partial charge on any atom is 0.0207 e. The summed E-state index contributed by atoms with van der Waals surface area (Å²) in [6, 6.07) is 8.67. The molecule has 0 spiro atoms. The van der Waals surface area contributed by atoms with Gasteiger partial charge in [0.25, 0.3) is 0 Å². The molecule has 1 nitrogen and oxygen atoms in total. The number of hydrogen-bond acceptors (Lipinski definition) is 1. The van der Waals surface area contributed by atoms with E-state index < -0.39 is 0 Å². The fraction of sp³-hybridized carbons (Fsp3) is 0.538. The summed E-state index contributed by atoms with van der Waals surface area (Å²) in [6.45, 7) is 2.29. The van der Waals surface area contributed by atoms with Gasteiger partial charge in [-0.25, -0.2) is 0 Å². The van der Waals surface area contributed by atoms with Gasteiger partial charge in [-0.15, -0.1) is 0 Å². The van der Waals surface area contributed by atoms with E-state index in [0.29, 0.717) is 12.0 Å². The Hall–Kier alpha value is -0.340. The van der Waals surface area contributed by atoms with Crippen molar-refractivity contribution in [1.82, 2.24) is 0 Å². The second kappa shape index (κ2) is 4.67. The molecule has 15 heavy (non-hydrogen) atoms. The summed E-state index contributed by atoms with van der Waals surface area (Å²) in [7, 11) is 0. The van der Waals surface area contributed by atoms with Crippen molar-refractivity contribution in [1.29, 1.82) is 0 Å². The molecule has 1 aliphatic rings. The van der Waals surface area contributed by atoms with Gasteiger partial charge in [0.05, 0.1) is 0 Å².